The van der Waals surface area contributed by atoms with Crippen molar-refractivity contribution >= 4 is 20.0 Å². The molecule has 0 aliphatic carbocycles. The molecule has 2 aromatic rings. The molecule has 0 aromatic heterocycles. The van der Waals surface area contributed by atoms with Crippen molar-refractivity contribution in [2.45, 2.75) is 16.7 Å². The highest BCUT2D eigenvalue weighted by Gasteiger charge is 2.23. The summed E-state index contributed by atoms with van der Waals surface area (Å²) in [6.07, 6.45) is 0.925. The number of benzene rings is 2. The van der Waals surface area contributed by atoms with Crippen molar-refractivity contribution in [3.05, 3.63) is 53.6 Å². The smallest absolute Gasteiger partial charge is 0.339 e. The highest BCUT2D eigenvalue weighted by Crippen LogP contribution is 2.26. The molecule has 0 saturated carbocycles. The normalized spacial score (nSPS) is 12.2. The van der Waals surface area contributed by atoms with Gasteiger partial charge in [0.1, 0.15) is 10.7 Å². The van der Waals surface area contributed by atoms with Gasteiger partial charge >= 0.3 is 10.1 Å². The van der Waals surface area contributed by atoms with Crippen LogP contribution in [0.4, 0.5) is 8.78 Å². The summed E-state index contributed by atoms with van der Waals surface area (Å²) in [4.78, 5) is -0.631. The lowest BCUT2D eigenvalue weighted by molar-refractivity contribution is 0.457. The Kier molecular flexibility index (Phi) is 4.45. The highest BCUT2D eigenvalue weighted by atomic mass is 32.2. The molecule has 0 amide bonds. The average Bonchev–Trinajstić information content (AvgIpc) is 2.41. The quantitative estimate of drug-likeness (QED) is 0.781. The van der Waals surface area contributed by atoms with E-state index >= 15 is 0 Å². The summed E-state index contributed by atoms with van der Waals surface area (Å²) in [7, 11) is -8.12. The summed E-state index contributed by atoms with van der Waals surface area (Å²) in [6.45, 7) is 1.43. The van der Waals surface area contributed by atoms with Gasteiger partial charge in [0.15, 0.2) is 21.4 Å². The lowest BCUT2D eigenvalue weighted by Gasteiger charge is -2.11. The molecule has 9 heteroatoms. The summed E-state index contributed by atoms with van der Waals surface area (Å²) < 4.78 is 78.6. The molecule has 2 rings (SSSR count). The van der Waals surface area contributed by atoms with Crippen molar-refractivity contribution in [1.29, 1.82) is 0 Å². The zero-order chi connectivity index (χ0) is 17.4. The standard InChI is InChI=1S/C14H12F2O5S2/c1-9-3-5-11(22(2,17)18)8-14(9)23(19,20)21-13-6-4-10(15)7-12(13)16/h3-8H,1-2H3. The predicted octanol–water partition coefficient (Wildman–Crippen LogP) is 2.44. The zero-order valence-corrected chi connectivity index (χ0v) is 13.7. The first-order valence-corrected chi connectivity index (χ1v) is 9.51. The summed E-state index contributed by atoms with van der Waals surface area (Å²) >= 11 is 0. The van der Waals surface area contributed by atoms with E-state index in [1.807, 2.05) is 0 Å². The fourth-order valence-corrected chi connectivity index (χ4v) is 3.70. The molecule has 0 aliphatic heterocycles. The van der Waals surface area contributed by atoms with Crippen LogP contribution in [0.1, 0.15) is 5.56 Å². The number of sulfone groups is 1. The molecular formula is C14H12F2O5S2. The van der Waals surface area contributed by atoms with Crippen LogP contribution in [0.25, 0.3) is 0 Å². The molecule has 2 aromatic carbocycles. The van der Waals surface area contributed by atoms with E-state index in [9.17, 15) is 25.6 Å². The highest BCUT2D eigenvalue weighted by molar-refractivity contribution is 7.90. The summed E-state index contributed by atoms with van der Waals surface area (Å²) in [5, 5.41) is 0. The topological polar surface area (TPSA) is 77.5 Å². The van der Waals surface area contributed by atoms with E-state index in [-0.39, 0.29) is 10.5 Å². The molecular weight excluding hydrogens is 350 g/mol. The third kappa shape index (κ3) is 3.85. The molecule has 0 spiro atoms. The summed E-state index contributed by atoms with van der Waals surface area (Å²) in [5.41, 5.74) is 0.222. The van der Waals surface area contributed by atoms with Gasteiger partial charge in [0, 0.05) is 12.3 Å². The van der Waals surface area contributed by atoms with Gasteiger partial charge in [-0.3, -0.25) is 0 Å². The minimum Gasteiger partial charge on any atom is -0.376 e. The number of hydrogen-bond donors (Lipinski definition) is 0. The van der Waals surface area contributed by atoms with Crippen molar-refractivity contribution in [2.75, 3.05) is 6.26 Å². The Morgan fingerprint density at radius 2 is 1.61 bits per heavy atom. The zero-order valence-electron chi connectivity index (χ0n) is 12.1. The van der Waals surface area contributed by atoms with Crippen LogP contribution in [-0.4, -0.2) is 23.1 Å². The third-order valence-corrected chi connectivity index (χ3v) is 5.44. The van der Waals surface area contributed by atoms with Crippen LogP contribution in [0.15, 0.2) is 46.2 Å². The van der Waals surface area contributed by atoms with E-state index < -0.39 is 42.2 Å². The Labute approximate surface area is 132 Å². The second-order valence-electron chi connectivity index (χ2n) is 4.81. The maximum absolute atomic E-state index is 13.5. The summed E-state index contributed by atoms with van der Waals surface area (Å²) in [6, 6.07) is 5.63. The van der Waals surface area contributed by atoms with Gasteiger partial charge in [-0.1, -0.05) is 6.07 Å². The molecule has 0 saturated heterocycles. The minimum absolute atomic E-state index is 0.218. The lowest BCUT2D eigenvalue weighted by atomic mass is 10.2. The maximum atomic E-state index is 13.5. The molecule has 0 atom stereocenters. The first-order chi connectivity index (χ1) is 10.5. The molecule has 23 heavy (non-hydrogen) atoms. The molecule has 124 valence electrons. The Bertz CT molecular complexity index is 967. The van der Waals surface area contributed by atoms with Gasteiger partial charge < -0.3 is 4.18 Å². The Morgan fingerprint density at radius 1 is 0.957 bits per heavy atom. The van der Waals surface area contributed by atoms with Gasteiger partial charge in [-0.2, -0.15) is 8.42 Å². The van der Waals surface area contributed by atoms with Gasteiger partial charge in [0.2, 0.25) is 0 Å². The first kappa shape index (κ1) is 17.4. The maximum Gasteiger partial charge on any atom is 0.339 e. The molecule has 0 heterocycles. The van der Waals surface area contributed by atoms with Gasteiger partial charge in [-0.25, -0.2) is 17.2 Å². The Balaban J connectivity index is 2.51. The van der Waals surface area contributed by atoms with Crippen LogP contribution in [0.5, 0.6) is 5.75 Å². The number of rotatable bonds is 4. The molecule has 0 unspecified atom stereocenters. The fourth-order valence-electron chi connectivity index (χ4n) is 1.79. The number of halogens is 2. The molecule has 0 radical (unpaired) electrons. The number of aryl methyl sites for hydroxylation is 1. The van der Waals surface area contributed by atoms with Gasteiger partial charge in [0.05, 0.1) is 4.90 Å². The molecule has 0 N–H and O–H groups in total. The van der Waals surface area contributed by atoms with Crippen LogP contribution in [0.2, 0.25) is 0 Å². The van der Waals surface area contributed by atoms with Gasteiger partial charge in [0.25, 0.3) is 0 Å². The van der Waals surface area contributed by atoms with Crippen molar-refractivity contribution in [3.8, 4) is 5.75 Å². The van der Waals surface area contributed by atoms with Crippen molar-refractivity contribution in [1.82, 2.24) is 0 Å². The molecule has 0 aliphatic rings. The summed E-state index contributed by atoms with van der Waals surface area (Å²) in [5.74, 6) is -2.76. The van der Waals surface area contributed by atoms with Crippen LogP contribution >= 0.6 is 0 Å². The largest absolute Gasteiger partial charge is 0.376 e. The van der Waals surface area contributed by atoms with E-state index in [1.165, 1.54) is 19.1 Å². The van der Waals surface area contributed by atoms with E-state index in [0.29, 0.717) is 6.07 Å². The molecule has 0 fully saturated rings. The van der Waals surface area contributed by atoms with Crippen molar-refractivity contribution in [2.24, 2.45) is 0 Å². The Hall–Kier alpha value is -2.00. The molecule has 0 bridgehead atoms. The monoisotopic (exact) mass is 362 g/mol. The van der Waals surface area contributed by atoms with E-state index in [0.717, 1.165) is 24.5 Å². The second kappa shape index (κ2) is 5.89. The SMILES string of the molecule is Cc1ccc(S(C)(=O)=O)cc1S(=O)(=O)Oc1ccc(F)cc1F. The van der Waals surface area contributed by atoms with E-state index in [4.69, 9.17) is 0 Å². The average molecular weight is 362 g/mol. The lowest BCUT2D eigenvalue weighted by Crippen LogP contribution is -2.13. The van der Waals surface area contributed by atoms with Gasteiger partial charge in [-0.15, -0.1) is 0 Å². The predicted molar refractivity (Wildman–Crippen MR) is 78.5 cm³/mol. The Morgan fingerprint density at radius 3 is 2.17 bits per heavy atom. The van der Waals surface area contributed by atoms with E-state index in [1.54, 1.807) is 0 Å². The molecule has 5 nitrogen and oxygen atoms in total. The third-order valence-electron chi connectivity index (χ3n) is 2.95. The van der Waals surface area contributed by atoms with Crippen LogP contribution in [-0.2, 0) is 20.0 Å². The first-order valence-electron chi connectivity index (χ1n) is 6.21. The van der Waals surface area contributed by atoms with Crippen LogP contribution in [0, 0.1) is 18.6 Å². The second-order valence-corrected chi connectivity index (χ2v) is 8.34. The van der Waals surface area contributed by atoms with Crippen molar-refractivity contribution in [3.63, 3.8) is 0 Å². The minimum atomic E-state index is -4.49. The van der Waals surface area contributed by atoms with Crippen molar-refractivity contribution < 1.29 is 29.8 Å². The fraction of sp³-hybridized carbons (Fsp3) is 0.143. The van der Waals surface area contributed by atoms with Crippen LogP contribution in [0.3, 0.4) is 0 Å². The van der Waals surface area contributed by atoms with Crippen LogP contribution < -0.4 is 4.18 Å². The van der Waals surface area contributed by atoms with E-state index in [2.05, 4.69) is 4.18 Å². The van der Waals surface area contributed by atoms with Gasteiger partial charge in [-0.05, 0) is 36.8 Å². The number of hydrogen-bond acceptors (Lipinski definition) is 5.